The molecule has 0 aromatic carbocycles. The molecule has 2 amide bonds. The van der Waals surface area contributed by atoms with Gasteiger partial charge in [0.25, 0.3) is 0 Å². The van der Waals surface area contributed by atoms with Crippen molar-refractivity contribution < 1.29 is 9.59 Å². The molecular weight excluding hydrogens is 230 g/mol. The van der Waals surface area contributed by atoms with E-state index in [9.17, 15) is 9.59 Å². The summed E-state index contributed by atoms with van der Waals surface area (Å²) >= 11 is 0. The molecule has 0 bridgehead atoms. The molecule has 1 rings (SSSR count). The van der Waals surface area contributed by atoms with Crippen molar-refractivity contribution in [3.05, 3.63) is 0 Å². The first-order chi connectivity index (χ1) is 8.54. The van der Waals surface area contributed by atoms with Crippen molar-refractivity contribution in [2.24, 2.45) is 5.73 Å². The van der Waals surface area contributed by atoms with Gasteiger partial charge in [-0.25, -0.2) is 0 Å². The minimum atomic E-state index is -0.432. The van der Waals surface area contributed by atoms with Crippen LogP contribution in [0.15, 0.2) is 0 Å². The van der Waals surface area contributed by atoms with E-state index in [0.29, 0.717) is 12.6 Å². The number of rotatable bonds is 7. The summed E-state index contributed by atoms with van der Waals surface area (Å²) in [5, 5.41) is 3.17. The third-order valence-electron chi connectivity index (χ3n) is 3.63. The van der Waals surface area contributed by atoms with Crippen LogP contribution in [0.2, 0.25) is 0 Å². The highest BCUT2D eigenvalue weighted by atomic mass is 16.2. The Morgan fingerprint density at radius 1 is 1.39 bits per heavy atom. The summed E-state index contributed by atoms with van der Waals surface area (Å²) in [6, 6.07) is 0.511. The number of nitrogens with two attached hydrogens (primary N) is 1. The van der Waals surface area contributed by atoms with Gasteiger partial charge in [0.05, 0.1) is 13.1 Å². The fourth-order valence-electron chi connectivity index (χ4n) is 2.31. The van der Waals surface area contributed by atoms with Crippen LogP contribution in [0, 0.1) is 0 Å². The number of nitrogens with one attached hydrogen (secondary N) is 1. The fraction of sp³-hybridized carbons (Fsp3) is 0.846. The first-order valence-electron chi connectivity index (χ1n) is 6.85. The van der Waals surface area contributed by atoms with Crippen molar-refractivity contribution in [3.63, 3.8) is 0 Å². The molecule has 0 spiro atoms. The Morgan fingerprint density at radius 2 is 2.00 bits per heavy atom. The molecule has 0 aromatic heterocycles. The molecule has 18 heavy (non-hydrogen) atoms. The zero-order valence-corrected chi connectivity index (χ0v) is 11.4. The van der Waals surface area contributed by atoms with Crippen molar-refractivity contribution in [2.75, 3.05) is 13.1 Å². The Kier molecular flexibility index (Phi) is 6.12. The second-order valence-corrected chi connectivity index (χ2v) is 5.12. The van der Waals surface area contributed by atoms with Gasteiger partial charge in [0, 0.05) is 12.1 Å². The highest BCUT2D eigenvalue weighted by Crippen LogP contribution is 2.23. The molecule has 0 saturated heterocycles. The zero-order chi connectivity index (χ0) is 13.5. The van der Waals surface area contributed by atoms with Crippen LogP contribution < -0.4 is 11.1 Å². The fourth-order valence-corrected chi connectivity index (χ4v) is 2.31. The van der Waals surface area contributed by atoms with Crippen molar-refractivity contribution in [2.45, 2.75) is 58.0 Å². The Bertz CT molecular complexity index is 288. The summed E-state index contributed by atoms with van der Waals surface area (Å²) in [6.07, 6.45) is 5.22. The summed E-state index contributed by atoms with van der Waals surface area (Å²) in [5.74, 6) is -0.445. The van der Waals surface area contributed by atoms with Crippen LogP contribution in [0.4, 0.5) is 0 Å². The maximum Gasteiger partial charge on any atom is 0.237 e. The van der Waals surface area contributed by atoms with E-state index in [-0.39, 0.29) is 18.5 Å². The van der Waals surface area contributed by atoms with Crippen LogP contribution in [0.5, 0.6) is 0 Å². The van der Waals surface area contributed by atoms with E-state index >= 15 is 0 Å². The van der Waals surface area contributed by atoms with E-state index in [2.05, 4.69) is 12.2 Å². The van der Waals surface area contributed by atoms with E-state index in [0.717, 1.165) is 32.1 Å². The number of hydrogen-bond donors (Lipinski definition) is 2. The molecule has 0 aromatic rings. The number of primary amides is 1. The summed E-state index contributed by atoms with van der Waals surface area (Å²) in [5.41, 5.74) is 5.23. The van der Waals surface area contributed by atoms with Gasteiger partial charge in [-0.05, 0) is 26.2 Å². The van der Waals surface area contributed by atoms with Crippen LogP contribution in [-0.4, -0.2) is 41.9 Å². The molecule has 1 aliphatic carbocycles. The molecule has 5 heteroatoms. The summed E-state index contributed by atoms with van der Waals surface area (Å²) < 4.78 is 0. The molecule has 1 fully saturated rings. The van der Waals surface area contributed by atoms with Crippen molar-refractivity contribution in [1.29, 1.82) is 0 Å². The highest BCUT2D eigenvalue weighted by Gasteiger charge is 2.27. The second-order valence-electron chi connectivity index (χ2n) is 5.12. The average molecular weight is 255 g/mol. The third-order valence-corrected chi connectivity index (χ3v) is 3.63. The van der Waals surface area contributed by atoms with Crippen LogP contribution >= 0.6 is 0 Å². The van der Waals surface area contributed by atoms with Crippen LogP contribution in [0.3, 0.4) is 0 Å². The van der Waals surface area contributed by atoms with Crippen molar-refractivity contribution in [3.8, 4) is 0 Å². The maximum atomic E-state index is 12.1. The second kappa shape index (κ2) is 7.36. The predicted molar refractivity (Wildman–Crippen MR) is 70.9 cm³/mol. The van der Waals surface area contributed by atoms with Crippen LogP contribution in [0.1, 0.15) is 46.0 Å². The van der Waals surface area contributed by atoms with Gasteiger partial charge >= 0.3 is 0 Å². The Balaban J connectivity index is 2.52. The van der Waals surface area contributed by atoms with Crippen molar-refractivity contribution in [1.82, 2.24) is 10.2 Å². The van der Waals surface area contributed by atoms with E-state index in [1.807, 2.05) is 6.92 Å². The van der Waals surface area contributed by atoms with Gasteiger partial charge in [-0.2, -0.15) is 0 Å². The van der Waals surface area contributed by atoms with E-state index in [1.165, 1.54) is 0 Å². The van der Waals surface area contributed by atoms with Gasteiger partial charge in [-0.15, -0.1) is 0 Å². The normalized spacial score (nSPS) is 17.7. The lowest BCUT2D eigenvalue weighted by Gasteiger charge is -2.28. The van der Waals surface area contributed by atoms with Crippen LogP contribution in [-0.2, 0) is 9.59 Å². The first kappa shape index (κ1) is 15.0. The molecule has 1 aliphatic rings. The molecule has 0 heterocycles. The van der Waals surface area contributed by atoms with Gasteiger partial charge in [-0.1, -0.05) is 19.8 Å². The molecule has 1 atom stereocenters. The molecule has 5 nitrogen and oxygen atoms in total. The van der Waals surface area contributed by atoms with Crippen LogP contribution in [0.25, 0.3) is 0 Å². The molecular formula is C13H25N3O2. The predicted octanol–water partition coefficient (Wildman–Crippen LogP) is 0.631. The number of amides is 2. The van der Waals surface area contributed by atoms with Gasteiger partial charge in [-0.3, -0.25) is 9.59 Å². The van der Waals surface area contributed by atoms with E-state index in [1.54, 1.807) is 4.90 Å². The third kappa shape index (κ3) is 4.64. The Labute approximate surface area is 109 Å². The molecule has 1 unspecified atom stereocenters. The Morgan fingerprint density at radius 3 is 2.50 bits per heavy atom. The number of carbonyl (C=O) groups is 2. The number of nitrogens with zero attached hydrogens (tertiary/aromatic N) is 1. The molecule has 0 radical (unpaired) electrons. The van der Waals surface area contributed by atoms with Gasteiger partial charge < -0.3 is 16.0 Å². The first-order valence-corrected chi connectivity index (χ1v) is 6.85. The quantitative estimate of drug-likeness (QED) is 0.700. The van der Waals surface area contributed by atoms with Crippen molar-refractivity contribution >= 4 is 11.8 Å². The lowest BCUT2D eigenvalue weighted by molar-refractivity contribution is -0.136. The lowest BCUT2D eigenvalue weighted by atomic mass is 10.2. The van der Waals surface area contributed by atoms with Gasteiger partial charge in [0.2, 0.25) is 11.8 Å². The average Bonchev–Trinajstić information content (AvgIpc) is 2.85. The molecule has 0 aliphatic heterocycles. The summed E-state index contributed by atoms with van der Waals surface area (Å²) in [7, 11) is 0. The maximum absolute atomic E-state index is 12.1. The largest absolute Gasteiger partial charge is 0.368 e. The smallest absolute Gasteiger partial charge is 0.237 e. The molecule has 1 saturated carbocycles. The molecule has 3 N–H and O–H groups in total. The van der Waals surface area contributed by atoms with Gasteiger partial charge in [0.1, 0.15) is 0 Å². The number of carbonyl (C=O) groups excluding carboxylic acids is 2. The summed E-state index contributed by atoms with van der Waals surface area (Å²) in [6.45, 7) is 4.45. The van der Waals surface area contributed by atoms with E-state index in [4.69, 9.17) is 5.73 Å². The topological polar surface area (TPSA) is 75.4 Å². The van der Waals surface area contributed by atoms with E-state index < -0.39 is 5.91 Å². The zero-order valence-electron chi connectivity index (χ0n) is 11.4. The minimum Gasteiger partial charge on any atom is -0.368 e. The standard InChI is InChI=1S/C13H25N3O2/c1-3-10(2)15-8-13(18)16(9-12(14)17)11-6-4-5-7-11/h10-11,15H,3-9H2,1-2H3,(H2,14,17). The monoisotopic (exact) mass is 255 g/mol. The van der Waals surface area contributed by atoms with Gasteiger partial charge in [0.15, 0.2) is 0 Å². The Hall–Kier alpha value is -1.10. The number of hydrogen-bond acceptors (Lipinski definition) is 3. The summed E-state index contributed by atoms with van der Waals surface area (Å²) in [4.78, 5) is 24.9. The highest BCUT2D eigenvalue weighted by molar-refractivity contribution is 5.85. The SMILES string of the molecule is CCC(C)NCC(=O)N(CC(N)=O)C1CCCC1. The lowest BCUT2D eigenvalue weighted by Crippen LogP contribution is -2.48. The molecule has 104 valence electrons. The minimum absolute atomic E-state index is 0.0130.